The van der Waals surface area contributed by atoms with Crippen molar-refractivity contribution in [3.63, 3.8) is 0 Å². The highest BCUT2D eigenvalue weighted by atomic mass is 32.2. The molecule has 0 spiro atoms. The van der Waals surface area contributed by atoms with Crippen LogP contribution < -0.4 is 5.32 Å². The summed E-state index contributed by atoms with van der Waals surface area (Å²) in [6.07, 6.45) is 6.62. The fourth-order valence-corrected chi connectivity index (χ4v) is 3.99. The number of rotatable bonds is 8. The lowest BCUT2D eigenvalue weighted by Gasteiger charge is -2.14. The van der Waals surface area contributed by atoms with Crippen LogP contribution in [0.5, 0.6) is 0 Å². The molecule has 1 aliphatic heterocycles. The van der Waals surface area contributed by atoms with Gasteiger partial charge in [0.15, 0.2) is 9.84 Å². The van der Waals surface area contributed by atoms with Gasteiger partial charge in [-0.1, -0.05) is 39.0 Å². The second kappa shape index (κ2) is 7.34. The monoisotopic (exact) mass is 263 g/mol. The average molecular weight is 263 g/mol. The van der Waals surface area contributed by atoms with Crippen LogP contribution in [0.15, 0.2) is 0 Å². The first kappa shape index (κ1) is 14.9. The highest BCUT2D eigenvalue weighted by molar-refractivity contribution is 7.91. The highest BCUT2D eigenvalue weighted by Crippen LogP contribution is 2.12. The van der Waals surface area contributed by atoms with E-state index in [2.05, 4.69) is 12.2 Å². The third-order valence-corrected chi connectivity index (χ3v) is 4.98. The number of unbranched alkanes of at least 4 members (excludes halogenated alkanes) is 5. The number of sulfone groups is 1. The van der Waals surface area contributed by atoms with Gasteiger partial charge < -0.3 is 10.4 Å². The van der Waals surface area contributed by atoms with Gasteiger partial charge in [0.05, 0.1) is 17.6 Å². The topological polar surface area (TPSA) is 66.4 Å². The van der Waals surface area contributed by atoms with E-state index >= 15 is 0 Å². The molecular weight excluding hydrogens is 238 g/mol. The summed E-state index contributed by atoms with van der Waals surface area (Å²) in [4.78, 5) is 0. The normalized spacial score (nSPS) is 27.4. The molecule has 2 atom stereocenters. The van der Waals surface area contributed by atoms with Crippen molar-refractivity contribution < 1.29 is 13.5 Å². The smallest absolute Gasteiger partial charge is 0.154 e. The summed E-state index contributed by atoms with van der Waals surface area (Å²) in [6, 6.07) is -0.254. The van der Waals surface area contributed by atoms with Crippen molar-refractivity contribution in [1.82, 2.24) is 5.32 Å². The molecule has 0 aromatic rings. The van der Waals surface area contributed by atoms with Crippen molar-refractivity contribution in [3.05, 3.63) is 0 Å². The second-order valence-electron chi connectivity index (χ2n) is 4.97. The van der Waals surface area contributed by atoms with Crippen molar-refractivity contribution in [3.8, 4) is 0 Å². The Kier molecular flexibility index (Phi) is 6.44. The number of aliphatic hydroxyl groups excluding tert-OH is 1. The Labute approximate surface area is 105 Å². The zero-order valence-electron chi connectivity index (χ0n) is 10.7. The van der Waals surface area contributed by atoms with Crippen molar-refractivity contribution in [2.24, 2.45) is 0 Å². The van der Waals surface area contributed by atoms with E-state index in [-0.39, 0.29) is 17.5 Å². The summed E-state index contributed by atoms with van der Waals surface area (Å²) >= 11 is 0. The van der Waals surface area contributed by atoms with Gasteiger partial charge >= 0.3 is 0 Å². The fourth-order valence-electron chi connectivity index (χ4n) is 2.22. The van der Waals surface area contributed by atoms with Gasteiger partial charge in [0.25, 0.3) is 0 Å². The minimum atomic E-state index is -3.01. The Hall–Kier alpha value is -0.130. The average Bonchev–Trinajstić information content (AvgIpc) is 2.51. The molecule has 0 bridgehead atoms. The Morgan fingerprint density at radius 2 is 1.76 bits per heavy atom. The maximum atomic E-state index is 11.3. The summed E-state index contributed by atoms with van der Waals surface area (Å²) in [5.41, 5.74) is 0. The van der Waals surface area contributed by atoms with E-state index in [4.69, 9.17) is 0 Å². The molecule has 1 heterocycles. The van der Waals surface area contributed by atoms with Crippen molar-refractivity contribution in [1.29, 1.82) is 0 Å². The predicted molar refractivity (Wildman–Crippen MR) is 69.8 cm³/mol. The molecule has 1 fully saturated rings. The van der Waals surface area contributed by atoms with Crippen LogP contribution in [0.1, 0.15) is 45.4 Å². The SMILES string of the molecule is CCCCCCCCN[C@@H]1CS(=O)(=O)C[C@H]1O. The molecule has 0 saturated carbocycles. The van der Waals surface area contributed by atoms with Gasteiger partial charge in [-0.15, -0.1) is 0 Å². The third-order valence-electron chi connectivity index (χ3n) is 3.26. The molecule has 0 unspecified atom stereocenters. The summed E-state index contributed by atoms with van der Waals surface area (Å²) in [5, 5.41) is 12.7. The van der Waals surface area contributed by atoms with Crippen molar-refractivity contribution >= 4 is 9.84 Å². The van der Waals surface area contributed by atoms with E-state index in [0.29, 0.717) is 0 Å². The molecule has 0 amide bonds. The Bertz CT molecular complexity index is 303. The van der Waals surface area contributed by atoms with Gasteiger partial charge in [0.1, 0.15) is 0 Å². The van der Waals surface area contributed by atoms with E-state index in [9.17, 15) is 13.5 Å². The molecule has 4 nitrogen and oxygen atoms in total. The number of hydrogen-bond acceptors (Lipinski definition) is 4. The quantitative estimate of drug-likeness (QED) is 0.643. The highest BCUT2D eigenvalue weighted by Gasteiger charge is 2.35. The first-order valence-corrected chi connectivity index (χ1v) is 8.49. The van der Waals surface area contributed by atoms with Crippen molar-refractivity contribution in [2.75, 3.05) is 18.1 Å². The molecule has 1 aliphatic rings. The zero-order valence-corrected chi connectivity index (χ0v) is 11.5. The van der Waals surface area contributed by atoms with E-state index in [1.807, 2.05) is 0 Å². The minimum absolute atomic E-state index is 0.0822. The van der Waals surface area contributed by atoms with Crippen LogP contribution in [0.25, 0.3) is 0 Å². The molecule has 17 heavy (non-hydrogen) atoms. The Morgan fingerprint density at radius 1 is 1.12 bits per heavy atom. The van der Waals surface area contributed by atoms with Gasteiger partial charge in [0.2, 0.25) is 0 Å². The molecule has 0 aliphatic carbocycles. The van der Waals surface area contributed by atoms with Crippen LogP contribution in [0.3, 0.4) is 0 Å². The zero-order chi connectivity index (χ0) is 12.7. The van der Waals surface area contributed by atoms with Gasteiger partial charge in [-0.3, -0.25) is 0 Å². The fraction of sp³-hybridized carbons (Fsp3) is 1.00. The van der Waals surface area contributed by atoms with E-state index in [1.165, 1.54) is 32.1 Å². The summed E-state index contributed by atoms with van der Waals surface area (Å²) in [5.74, 6) is 0.00513. The van der Waals surface area contributed by atoms with E-state index in [1.54, 1.807) is 0 Å². The molecule has 0 aromatic heterocycles. The summed E-state index contributed by atoms with van der Waals surface area (Å²) in [7, 11) is -3.01. The van der Waals surface area contributed by atoms with Crippen LogP contribution in [-0.4, -0.2) is 43.7 Å². The van der Waals surface area contributed by atoms with E-state index in [0.717, 1.165) is 13.0 Å². The van der Waals surface area contributed by atoms with Crippen molar-refractivity contribution in [2.45, 2.75) is 57.6 Å². The molecular formula is C12H25NO3S. The van der Waals surface area contributed by atoms with Gasteiger partial charge in [-0.2, -0.15) is 0 Å². The molecule has 0 aromatic carbocycles. The lowest BCUT2D eigenvalue weighted by Crippen LogP contribution is -2.39. The lowest BCUT2D eigenvalue weighted by molar-refractivity contribution is 0.166. The van der Waals surface area contributed by atoms with Crippen LogP contribution in [-0.2, 0) is 9.84 Å². The third kappa shape index (κ3) is 5.84. The number of aliphatic hydroxyl groups is 1. The minimum Gasteiger partial charge on any atom is -0.390 e. The molecule has 1 rings (SSSR count). The predicted octanol–water partition coefficient (Wildman–Crippen LogP) is 1.09. The lowest BCUT2D eigenvalue weighted by atomic mass is 10.1. The van der Waals surface area contributed by atoms with Crippen LogP contribution in [0, 0.1) is 0 Å². The van der Waals surface area contributed by atoms with Gasteiger partial charge in [-0.25, -0.2) is 8.42 Å². The Morgan fingerprint density at radius 3 is 2.35 bits per heavy atom. The summed E-state index contributed by atoms with van der Waals surface area (Å²) < 4.78 is 22.5. The van der Waals surface area contributed by atoms with E-state index < -0.39 is 15.9 Å². The molecule has 2 N–H and O–H groups in total. The maximum Gasteiger partial charge on any atom is 0.154 e. The molecule has 102 valence electrons. The number of hydrogen-bond donors (Lipinski definition) is 2. The molecule has 1 saturated heterocycles. The standard InChI is InChI=1S/C12H25NO3S/c1-2-3-4-5-6-7-8-13-11-9-17(15,16)10-12(11)14/h11-14H,2-10H2,1H3/t11-,12-/m1/s1. The molecule has 5 heteroatoms. The Balaban J connectivity index is 2.04. The van der Waals surface area contributed by atoms with Gasteiger partial charge in [0, 0.05) is 6.04 Å². The van der Waals surface area contributed by atoms with Crippen LogP contribution in [0.4, 0.5) is 0 Å². The van der Waals surface area contributed by atoms with Crippen LogP contribution in [0.2, 0.25) is 0 Å². The first-order valence-electron chi connectivity index (χ1n) is 6.67. The number of nitrogens with one attached hydrogen (secondary N) is 1. The largest absolute Gasteiger partial charge is 0.390 e. The molecule has 0 radical (unpaired) electrons. The summed E-state index contributed by atoms with van der Waals surface area (Å²) in [6.45, 7) is 3.01. The van der Waals surface area contributed by atoms with Gasteiger partial charge in [-0.05, 0) is 13.0 Å². The maximum absolute atomic E-state index is 11.3. The van der Waals surface area contributed by atoms with Crippen LogP contribution >= 0.6 is 0 Å². The first-order chi connectivity index (χ1) is 8.05. The second-order valence-corrected chi connectivity index (χ2v) is 7.13.